The number of nitrogens with one attached hydrogen (secondary N) is 4. The van der Waals surface area contributed by atoms with Crippen LogP contribution >= 0.6 is 0 Å². The molecule has 0 aliphatic carbocycles. The van der Waals surface area contributed by atoms with Crippen molar-refractivity contribution in [2.24, 2.45) is 4.36 Å². The van der Waals surface area contributed by atoms with E-state index in [2.05, 4.69) is 30.3 Å². The third kappa shape index (κ3) is 9.36. The van der Waals surface area contributed by atoms with Gasteiger partial charge in [0.25, 0.3) is 0 Å². The zero-order valence-electron chi connectivity index (χ0n) is 25.9. The predicted molar refractivity (Wildman–Crippen MR) is 174 cm³/mol. The van der Waals surface area contributed by atoms with Crippen molar-refractivity contribution in [1.29, 1.82) is 0 Å². The SMILES string of the molecule is CCN=S(C)(=O)c1cccc(Nc2ncc(-c3ccc(NC(=O)Nc4cc(C(F)(F)F)ccc4F)c(F)c3)c(NCCN(C)C)n2)c1. The highest BCUT2D eigenvalue weighted by Gasteiger charge is 2.31. The van der Waals surface area contributed by atoms with E-state index in [9.17, 15) is 26.6 Å². The number of hydrogen-bond acceptors (Lipinski definition) is 8. The Kier molecular flexibility index (Phi) is 11.0. The number of nitrogens with zero attached hydrogens (tertiary/aromatic N) is 4. The van der Waals surface area contributed by atoms with E-state index in [1.165, 1.54) is 18.3 Å². The Balaban J connectivity index is 1.57. The number of likely N-dealkylation sites (N-methyl/N-ethyl adjacent to an activating group) is 1. The van der Waals surface area contributed by atoms with Gasteiger partial charge in [0.05, 0.1) is 26.7 Å². The number of urea groups is 1. The quantitative estimate of drug-likeness (QED) is 0.123. The van der Waals surface area contributed by atoms with Crippen molar-refractivity contribution in [2.45, 2.75) is 18.0 Å². The molecule has 10 nitrogen and oxygen atoms in total. The minimum atomic E-state index is -4.75. The monoisotopic (exact) mass is 676 g/mol. The highest BCUT2D eigenvalue weighted by Crippen LogP contribution is 2.33. The molecule has 4 N–H and O–H groups in total. The molecule has 1 unspecified atom stereocenters. The minimum absolute atomic E-state index is 0.213. The Hall–Kier alpha value is -4.83. The lowest BCUT2D eigenvalue weighted by molar-refractivity contribution is -0.137. The molecule has 1 atom stereocenters. The number of rotatable bonds is 11. The molecule has 47 heavy (non-hydrogen) atoms. The van der Waals surface area contributed by atoms with Crippen molar-refractivity contribution in [3.63, 3.8) is 0 Å². The molecule has 1 heterocycles. The highest BCUT2D eigenvalue weighted by molar-refractivity contribution is 7.93. The molecule has 3 aromatic carbocycles. The van der Waals surface area contributed by atoms with Crippen molar-refractivity contribution in [3.8, 4) is 11.1 Å². The van der Waals surface area contributed by atoms with Gasteiger partial charge in [-0.15, -0.1) is 0 Å². The third-order valence-corrected chi connectivity index (χ3v) is 8.49. The van der Waals surface area contributed by atoms with Crippen molar-refractivity contribution in [1.82, 2.24) is 14.9 Å². The molecule has 250 valence electrons. The van der Waals surface area contributed by atoms with Gasteiger partial charge in [-0.1, -0.05) is 12.1 Å². The van der Waals surface area contributed by atoms with Crippen LogP contribution in [0.2, 0.25) is 0 Å². The molecule has 4 aromatic rings. The normalized spacial score (nSPS) is 12.7. The second kappa shape index (κ2) is 14.7. The van der Waals surface area contributed by atoms with Crippen molar-refractivity contribution >= 4 is 44.6 Å². The van der Waals surface area contributed by atoms with E-state index in [1.54, 1.807) is 30.5 Å². The molecule has 0 radical (unpaired) electrons. The van der Waals surface area contributed by atoms with Gasteiger partial charge in [0.1, 0.15) is 17.5 Å². The molecule has 0 saturated heterocycles. The molecule has 2 amide bonds. The summed E-state index contributed by atoms with van der Waals surface area (Å²) in [5.74, 6) is -1.38. The van der Waals surface area contributed by atoms with E-state index < -0.39 is 44.8 Å². The fourth-order valence-electron chi connectivity index (χ4n) is 4.30. The molecule has 0 fully saturated rings. The number of carbonyl (C=O) groups excluding carboxylic acids is 1. The van der Waals surface area contributed by atoms with E-state index >= 15 is 4.39 Å². The summed E-state index contributed by atoms with van der Waals surface area (Å²) in [7, 11) is 1.22. The first-order valence-electron chi connectivity index (χ1n) is 14.2. The van der Waals surface area contributed by atoms with E-state index in [0.29, 0.717) is 65.4 Å². The maximum Gasteiger partial charge on any atom is 0.416 e. The van der Waals surface area contributed by atoms with Crippen molar-refractivity contribution < 1.29 is 31.0 Å². The van der Waals surface area contributed by atoms with Crippen molar-refractivity contribution in [3.05, 3.63) is 84.1 Å². The number of amides is 2. The topological polar surface area (TPSA) is 124 Å². The van der Waals surface area contributed by atoms with Gasteiger partial charge in [-0.25, -0.2) is 27.1 Å². The number of aromatic nitrogens is 2. The molecule has 0 aliphatic rings. The number of alkyl halides is 3. The second-order valence-corrected chi connectivity index (χ2v) is 12.9. The van der Waals surface area contributed by atoms with Gasteiger partial charge in [0.2, 0.25) is 5.95 Å². The zero-order chi connectivity index (χ0) is 34.4. The summed E-state index contributed by atoms with van der Waals surface area (Å²) >= 11 is 0. The van der Waals surface area contributed by atoms with Crippen molar-refractivity contribution in [2.75, 3.05) is 61.3 Å². The summed E-state index contributed by atoms with van der Waals surface area (Å²) in [6, 6.07) is 11.2. The highest BCUT2D eigenvalue weighted by atomic mass is 32.2. The second-order valence-electron chi connectivity index (χ2n) is 10.6. The largest absolute Gasteiger partial charge is 0.416 e. The summed E-state index contributed by atoms with van der Waals surface area (Å²) in [4.78, 5) is 23.9. The van der Waals surface area contributed by atoms with Crippen LogP contribution in [0, 0.1) is 11.6 Å². The van der Waals surface area contributed by atoms with Gasteiger partial charge >= 0.3 is 12.2 Å². The number of anilines is 5. The Morgan fingerprint density at radius 1 is 0.979 bits per heavy atom. The molecule has 0 aliphatic heterocycles. The zero-order valence-corrected chi connectivity index (χ0v) is 26.7. The molecule has 0 spiro atoms. The molecule has 1 aromatic heterocycles. The van der Waals surface area contributed by atoms with Gasteiger partial charge < -0.3 is 26.2 Å². The van der Waals surface area contributed by atoms with E-state index in [1.807, 2.05) is 31.2 Å². The summed E-state index contributed by atoms with van der Waals surface area (Å²) < 4.78 is 85.4. The predicted octanol–water partition coefficient (Wildman–Crippen LogP) is 7.28. The van der Waals surface area contributed by atoms with Gasteiger partial charge in [-0.3, -0.25) is 0 Å². The Labute approximate surface area is 269 Å². The Bertz CT molecular complexity index is 1880. The number of carbonyl (C=O) groups is 1. The standard InChI is InChI=1S/C31H33F5N8O2S/c1-5-39-47(4,46)22-8-6-7-21(17-22)40-29-38-18-23(28(43-29)37-13-14-44(2)3)19-9-12-26(25(33)15-19)41-30(45)42-27-16-20(31(34,35)36)10-11-24(27)32/h6-12,15-18H,5,13-14H2,1-4H3,(H2,41,42,45)(H2,37,38,40,43). The minimum Gasteiger partial charge on any atom is -0.368 e. The summed E-state index contributed by atoms with van der Waals surface area (Å²) in [5, 5.41) is 10.5. The first kappa shape index (κ1) is 35.0. The molecule has 16 heteroatoms. The lowest BCUT2D eigenvalue weighted by Crippen LogP contribution is -2.21. The van der Waals surface area contributed by atoms with E-state index in [0.717, 1.165) is 6.07 Å². The smallest absolute Gasteiger partial charge is 0.368 e. The summed E-state index contributed by atoms with van der Waals surface area (Å²) in [5.41, 5.74) is -0.819. The first-order chi connectivity index (χ1) is 22.2. The number of benzene rings is 3. The maximum atomic E-state index is 15.2. The summed E-state index contributed by atoms with van der Waals surface area (Å²) in [6.45, 7) is 3.35. The molecule has 0 bridgehead atoms. The number of hydrogen-bond donors (Lipinski definition) is 4. The van der Waals surface area contributed by atoms with Crippen LogP contribution in [0.1, 0.15) is 12.5 Å². The van der Waals surface area contributed by atoms with Gasteiger partial charge in [-0.05, 0) is 75.1 Å². The Morgan fingerprint density at radius 2 is 1.72 bits per heavy atom. The van der Waals surface area contributed by atoms with Gasteiger partial charge in [-0.2, -0.15) is 18.2 Å². The van der Waals surface area contributed by atoms with Gasteiger partial charge in [0.15, 0.2) is 0 Å². The molecule has 4 rings (SSSR count). The van der Waals surface area contributed by atoms with Crippen LogP contribution in [0.5, 0.6) is 0 Å². The van der Waals surface area contributed by atoms with Crippen LogP contribution in [0.3, 0.4) is 0 Å². The Morgan fingerprint density at radius 3 is 2.40 bits per heavy atom. The van der Waals surface area contributed by atoms with E-state index in [4.69, 9.17) is 0 Å². The van der Waals surface area contributed by atoms with E-state index in [-0.39, 0.29) is 11.6 Å². The molecular weight excluding hydrogens is 643 g/mol. The lowest BCUT2D eigenvalue weighted by Gasteiger charge is -2.16. The van der Waals surface area contributed by atoms with Gasteiger partial charge in [0, 0.05) is 48.2 Å². The molecule has 0 saturated carbocycles. The van der Waals surface area contributed by atoms with Crippen LogP contribution in [-0.4, -0.2) is 65.1 Å². The molecular formula is C31H33F5N8O2S. The average Bonchev–Trinajstić information content (AvgIpc) is 2.99. The van der Waals surface area contributed by atoms with Crippen LogP contribution in [0.4, 0.5) is 55.6 Å². The lowest BCUT2D eigenvalue weighted by atomic mass is 10.1. The van der Waals surface area contributed by atoms with Crippen LogP contribution < -0.4 is 21.3 Å². The summed E-state index contributed by atoms with van der Waals surface area (Å²) in [6.07, 6.45) is -1.70. The fourth-order valence-corrected chi connectivity index (χ4v) is 5.62. The first-order valence-corrected chi connectivity index (χ1v) is 16.1. The van der Waals surface area contributed by atoms with Crippen LogP contribution in [0.15, 0.2) is 76.1 Å². The third-order valence-electron chi connectivity index (χ3n) is 6.61. The fraction of sp³-hybridized carbons (Fsp3) is 0.258. The average molecular weight is 677 g/mol. The van der Waals surface area contributed by atoms with Crippen LogP contribution in [0.25, 0.3) is 11.1 Å². The number of halogens is 5. The maximum absolute atomic E-state index is 15.2. The van der Waals surface area contributed by atoms with Crippen LogP contribution in [-0.2, 0) is 15.9 Å².